The van der Waals surface area contributed by atoms with E-state index in [2.05, 4.69) is 17.1 Å². The molecule has 0 spiro atoms. The first-order valence-corrected chi connectivity index (χ1v) is 7.23. The Kier molecular flexibility index (Phi) is 3.72. The fourth-order valence-electron chi connectivity index (χ4n) is 2.94. The summed E-state index contributed by atoms with van der Waals surface area (Å²) in [6, 6.07) is 6.53. The molecule has 0 N–H and O–H groups in total. The smallest absolute Gasteiger partial charge is 0.161 e. The number of aliphatic imine (C=N–C) groups is 1. The van der Waals surface area contributed by atoms with E-state index in [0.29, 0.717) is 12.1 Å². The normalized spacial score (nSPS) is 22.9. The molecule has 1 heterocycles. The number of hydrogen-bond donors (Lipinski definition) is 0. The summed E-state index contributed by atoms with van der Waals surface area (Å²) in [6.07, 6.45) is 9.44. The van der Waals surface area contributed by atoms with Crippen molar-refractivity contribution in [2.45, 2.75) is 50.7 Å². The van der Waals surface area contributed by atoms with Crippen molar-refractivity contribution in [1.82, 2.24) is 0 Å². The monoisotopic (exact) mass is 259 g/mol. The number of methoxy groups -OCH3 is 1. The fourth-order valence-corrected chi connectivity index (χ4v) is 2.94. The third-order valence-corrected chi connectivity index (χ3v) is 4.02. The molecule has 1 saturated carbocycles. The van der Waals surface area contributed by atoms with Gasteiger partial charge < -0.3 is 9.47 Å². The topological polar surface area (TPSA) is 30.8 Å². The van der Waals surface area contributed by atoms with Crippen molar-refractivity contribution in [2.75, 3.05) is 7.11 Å². The van der Waals surface area contributed by atoms with Gasteiger partial charge in [0, 0.05) is 0 Å². The van der Waals surface area contributed by atoms with Gasteiger partial charge in [0.2, 0.25) is 0 Å². The number of ether oxygens (including phenoxy) is 2. The molecule has 3 rings (SSSR count). The number of rotatable bonds is 4. The highest BCUT2D eigenvalue weighted by Gasteiger charge is 2.20. The van der Waals surface area contributed by atoms with Crippen LogP contribution >= 0.6 is 0 Å². The Morgan fingerprint density at radius 1 is 1.11 bits per heavy atom. The van der Waals surface area contributed by atoms with Crippen LogP contribution in [0.15, 0.2) is 23.2 Å². The minimum absolute atomic E-state index is 0.303. The maximum Gasteiger partial charge on any atom is 0.161 e. The van der Waals surface area contributed by atoms with Gasteiger partial charge in [0.1, 0.15) is 0 Å². The van der Waals surface area contributed by atoms with Crippen molar-refractivity contribution in [3.8, 4) is 11.5 Å². The van der Waals surface area contributed by atoms with Crippen LogP contribution in [-0.4, -0.2) is 19.4 Å². The van der Waals surface area contributed by atoms with Gasteiger partial charge in [0.15, 0.2) is 11.5 Å². The van der Waals surface area contributed by atoms with Crippen LogP contribution in [0.3, 0.4) is 0 Å². The summed E-state index contributed by atoms with van der Waals surface area (Å²) in [7, 11) is 1.70. The molecule has 0 saturated heterocycles. The lowest BCUT2D eigenvalue weighted by molar-refractivity contribution is 0.200. The van der Waals surface area contributed by atoms with E-state index in [1.54, 1.807) is 7.11 Å². The van der Waals surface area contributed by atoms with Crippen LogP contribution in [0.1, 0.15) is 50.1 Å². The lowest BCUT2D eigenvalue weighted by Crippen LogP contribution is -2.12. The molecule has 1 aromatic carbocycles. The van der Waals surface area contributed by atoms with Crippen LogP contribution in [0, 0.1) is 0 Å². The Hall–Kier alpha value is -1.51. The van der Waals surface area contributed by atoms with Gasteiger partial charge in [-0.1, -0.05) is 6.07 Å². The summed E-state index contributed by atoms with van der Waals surface area (Å²) in [4.78, 5) is 4.51. The molecular weight excluding hydrogens is 238 g/mol. The minimum Gasteiger partial charge on any atom is -0.493 e. The standard InChI is InChI=1S/C16H21NO2/c1-18-15-9-8-12(14-7-4-10-17-14)11-16(15)19-13-5-2-3-6-13/h8-11,13-14H,2-7H2,1H3. The van der Waals surface area contributed by atoms with Gasteiger partial charge in [-0.25, -0.2) is 0 Å². The molecule has 1 aliphatic heterocycles. The molecule has 1 unspecified atom stereocenters. The molecule has 1 fully saturated rings. The van der Waals surface area contributed by atoms with Gasteiger partial charge in [-0.15, -0.1) is 0 Å². The number of benzene rings is 1. The van der Waals surface area contributed by atoms with Crippen LogP contribution in [0.4, 0.5) is 0 Å². The highest BCUT2D eigenvalue weighted by atomic mass is 16.5. The summed E-state index contributed by atoms with van der Waals surface area (Å²) in [5.41, 5.74) is 1.24. The predicted molar refractivity (Wildman–Crippen MR) is 76.3 cm³/mol. The van der Waals surface area contributed by atoms with Gasteiger partial charge in [0.25, 0.3) is 0 Å². The van der Waals surface area contributed by atoms with E-state index in [0.717, 1.165) is 37.2 Å². The van der Waals surface area contributed by atoms with E-state index in [4.69, 9.17) is 9.47 Å². The van der Waals surface area contributed by atoms with E-state index in [9.17, 15) is 0 Å². The number of hydrogen-bond acceptors (Lipinski definition) is 3. The largest absolute Gasteiger partial charge is 0.493 e. The Bertz CT molecular complexity index is 464. The molecule has 1 aliphatic carbocycles. The molecular formula is C16H21NO2. The third kappa shape index (κ3) is 2.75. The average Bonchev–Trinajstić information content (AvgIpc) is 3.11. The minimum atomic E-state index is 0.303. The molecule has 19 heavy (non-hydrogen) atoms. The zero-order valence-electron chi connectivity index (χ0n) is 11.5. The van der Waals surface area contributed by atoms with Crippen molar-refractivity contribution in [1.29, 1.82) is 0 Å². The van der Waals surface area contributed by atoms with E-state index < -0.39 is 0 Å². The first-order valence-electron chi connectivity index (χ1n) is 7.23. The van der Waals surface area contributed by atoms with E-state index >= 15 is 0 Å². The molecule has 0 aromatic heterocycles. The molecule has 0 radical (unpaired) electrons. The SMILES string of the molecule is COc1ccc(C2CCC=N2)cc1OC1CCCC1. The van der Waals surface area contributed by atoms with Crippen LogP contribution in [0.5, 0.6) is 11.5 Å². The van der Waals surface area contributed by atoms with Gasteiger partial charge in [-0.05, 0) is 62.4 Å². The second-order valence-corrected chi connectivity index (χ2v) is 5.36. The Morgan fingerprint density at radius 3 is 2.63 bits per heavy atom. The molecule has 1 aromatic rings. The molecule has 0 amide bonds. The molecule has 102 valence electrons. The predicted octanol–water partition coefficient (Wildman–Crippen LogP) is 3.92. The lowest BCUT2D eigenvalue weighted by Gasteiger charge is -2.18. The maximum absolute atomic E-state index is 6.12. The summed E-state index contributed by atoms with van der Waals surface area (Å²) < 4.78 is 11.5. The summed E-state index contributed by atoms with van der Waals surface area (Å²) in [6.45, 7) is 0. The van der Waals surface area contributed by atoms with Crippen LogP contribution in [-0.2, 0) is 0 Å². The molecule has 0 bridgehead atoms. The molecule has 3 nitrogen and oxygen atoms in total. The summed E-state index contributed by atoms with van der Waals surface area (Å²) >= 11 is 0. The van der Waals surface area contributed by atoms with Gasteiger partial charge in [-0.3, -0.25) is 4.99 Å². The quantitative estimate of drug-likeness (QED) is 0.820. The highest BCUT2D eigenvalue weighted by molar-refractivity contribution is 5.60. The van der Waals surface area contributed by atoms with Crippen molar-refractivity contribution in [2.24, 2.45) is 4.99 Å². The molecule has 2 aliphatic rings. The summed E-state index contributed by atoms with van der Waals surface area (Å²) in [5, 5.41) is 0. The van der Waals surface area contributed by atoms with E-state index in [1.165, 1.54) is 18.4 Å². The average molecular weight is 259 g/mol. The molecule has 3 heteroatoms. The number of nitrogens with zero attached hydrogens (tertiary/aromatic N) is 1. The van der Waals surface area contributed by atoms with Gasteiger partial charge in [-0.2, -0.15) is 0 Å². The third-order valence-electron chi connectivity index (χ3n) is 4.02. The van der Waals surface area contributed by atoms with Crippen molar-refractivity contribution >= 4 is 6.21 Å². The van der Waals surface area contributed by atoms with Gasteiger partial charge >= 0.3 is 0 Å². The Balaban J connectivity index is 1.82. The van der Waals surface area contributed by atoms with Crippen molar-refractivity contribution in [3.05, 3.63) is 23.8 Å². The van der Waals surface area contributed by atoms with Crippen molar-refractivity contribution in [3.63, 3.8) is 0 Å². The van der Waals surface area contributed by atoms with Crippen molar-refractivity contribution < 1.29 is 9.47 Å². The molecule has 1 atom stereocenters. The maximum atomic E-state index is 6.12. The van der Waals surface area contributed by atoms with Crippen LogP contribution in [0.2, 0.25) is 0 Å². The van der Waals surface area contributed by atoms with E-state index in [-0.39, 0.29) is 0 Å². The first kappa shape index (κ1) is 12.5. The first-order chi connectivity index (χ1) is 9.36. The zero-order valence-corrected chi connectivity index (χ0v) is 11.5. The lowest BCUT2D eigenvalue weighted by atomic mass is 10.0. The zero-order chi connectivity index (χ0) is 13.1. The highest BCUT2D eigenvalue weighted by Crippen LogP contribution is 2.36. The van der Waals surface area contributed by atoms with Crippen LogP contribution in [0.25, 0.3) is 0 Å². The van der Waals surface area contributed by atoms with Crippen LogP contribution < -0.4 is 9.47 Å². The fraction of sp³-hybridized carbons (Fsp3) is 0.562. The van der Waals surface area contributed by atoms with Gasteiger partial charge in [0.05, 0.1) is 19.3 Å². The van der Waals surface area contributed by atoms with E-state index in [1.807, 2.05) is 12.3 Å². The summed E-state index contributed by atoms with van der Waals surface area (Å²) in [5.74, 6) is 1.71. The second kappa shape index (κ2) is 5.64. The second-order valence-electron chi connectivity index (χ2n) is 5.36. The Labute approximate surface area is 114 Å². The Morgan fingerprint density at radius 2 is 1.95 bits per heavy atom.